The molecule has 1 aromatic rings. The molecule has 0 heterocycles. The Balaban J connectivity index is 1.88. The maximum Gasteiger partial charge on any atom is 0.118 e. The van der Waals surface area contributed by atoms with E-state index in [0.717, 1.165) is 17.7 Å². The highest BCUT2D eigenvalue weighted by atomic mass is 16.5. The topological polar surface area (TPSA) is 21.3 Å². The monoisotopic (exact) mass is 261 g/mol. The number of ether oxygens (including phenoxy) is 1. The first kappa shape index (κ1) is 14.4. The number of nitrogens with one attached hydrogen (secondary N) is 1. The summed E-state index contributed by atoms with van der Waals surface area (Å²) in [6, 6.07) is 9.25. The molecule has 0 spiro atoms. The van der Waals surface area contributed by atoms with E-state index < -0.39 is 0 Å². The molecule has 2 atom stereocenters. The Labute approximate surface area is 117 Å². The van der Waals surface area contributed by atoms with Crippen molar-refractivity contribution in [2.75, 3.05) is 14.2 Å². The summed E-state index contributed by atoms with van der Waals surface area (Å²) in [5.41, 5.74) is 1.43. The highest BCUT2D eigenvalue weighted by molar-refractivity contribution is 5.27. The molecule has 0 amide bonds. The molecular formula is C17H27NO. The summed E-state index contributed by atoms with van der Waals surface area (Å²) in [7, 11) is 3.84. The summed E-state index contributed by atoms with van der Waals surface area (Å²) >= 11 is 0. The predicted molar refractivity (Wildman–Crippen MR) is 80.7 cm³/mol. The number of rotatable bonds is 5. The second-order valence-electron chi connectivity index (χ2n) is 5.68. The summed E-state index contributed by atoms with van der Waals surface area (Å²) in [6.45, 7) is 0. The minimum atomic E-state index is 0.723. The zero-order chi connectivity index (χ0) is 13.5. The van der Waals surface area contributed by atoms with Crippen molar-refractivity contribution in [3.8, 4) is 5.75 Å². The normalized spacial score (nSPS) is 23.9. The fourth-order valence-electron chi connectivity index (χ4n) is 3.25. The van der Waals surface area contributed by atoms with Gasteiger partial charge in [0.1, 0.15) is 5.75 Å². The number of aryl methyl sites for hydroxylation is 1. The first-order valence-electron chi connectivity index (χ1n) is 7.63. The molecule has 0 aliphatic heterocycles. The SMILES string of the molecule is CNC1CCCCCC1CCc1ccc(OC)cc1. The Morgan fingerprint density at radius 3 is 2.53 bits per heavy atom. The van der Waals surface area contributed by atoms with Crippen molar-refractivity contribution in [3.05, 3.63) is 29.8 Å². The summed E-state index contributed by atoms with van der Waals surface area (Å²) in [4.78, 5) is 0. The van der Waals surface area contributed by atoms with Crippen molar-refractivity contribution in [3.63, 3.8) is 0 Å². The highest BCUT2D eigenvalue weighted by Crippen LogP contribution is 2.27. The first-order chi connectivity index (χ1) is 9.33. The summed E-state index contributed by atoms with van der Waals surface area (Å²) < 4.78 is 5.20. The van der Waals surface area contributed by atoms with E-state index in [9.17, 15) is 0 Å². The minimum absolute atomic E-state index is 0.723. The highest BCUT2D eigenvalue weighted by Gasteiger charge is 2.21. The number of hydrogen-bond acceptors (Lipinski definition) is 2. The largest absolute Gasteiger partial charge is 0.497 e. The van der Waals surface area contributed by atoms with Gasteiger partial charge in [0.15, 0.2) is 0 Å². The van der Waals surface area contributed by atoms with Gasteiger partial charge in [-0.15, -0.1) is 0 Å². The van der Waals surface area contributed by atoms with Crippen molar-refractivity contribution in [2.45, 2.75) is 51.0 Å². The Bertz CT molecular complexity index is 360. The molecule has 0 bridgehead atoms. The molecule has 106 valence electrons. The number of benzene rings is 1. The van der Waals surface area contributed by atoms with Crippen LogP contribution in [0, 0.1) is 5.92 Å². The van der Waals surface area contributed by atoms with Gasteiger partial charge in [-0.2, -0.15) is 0 Å². The van der Waals surface area contributed by atoms with Gasteiger partial charge in [-0.05, 0) is 56.3 Å². The van der Waals surface area contributed by atoms with E-state index in [0.29, 0.717) is 0 Å². The zero-order valence-corrected chi connectivity index (χ0v) is 12.3. The molecule has 0 saturated heterocycles. The van der Waals surface area contributed by atoms with Gasteiger partial charge in [0.25, 0.3) is 0 Å². The van der Waals surface area contributed by atoms with Crippen molar-refractivity contribution in [1.82, 2.24) is 5.32 Å². The average Bonchev–Trinajstić information content (AvgIpc) is 2.70. The van der Waals surface area contributed by atoms with E-state index in [2.05, 4.69) is 36.6 Å². The fourth-order valence-corrected chi connectivity index (χ4v) is 3.25. The van der Waals surface area contributed by atoms with Crippen LogP contribution in [0.1, 0.15) is 44.1 Å². The average molecular weight is 261 g/mol. The van der Waals surface area contributed by atoms with E-state index in [1.54, 1.807) is 7.11 Å². The number of methoxy groups -OCH3 is 1. The van der Waals surface area contributed by atoms with Crippen molar-refractivity contribution < 1.29 is 4.74 Å². The van der Waals surface area contributed by atoms with Crippen LogP contribution in [0.4, 0.5) is 0 Å². The van der Waals surface area contributed by atoms with Crippen molar-refractivity contribution in [2.24, 2.45) is 5.92 Å². The Hall–Kier alpha value is -1.02. The zero-order valence-electron chi connectivity index (χ0n) is 12.3. The van der Waals surface area contributed by atoms with Gasteiger partial charge >= 0.3 is 0 Å². The lowest BCUT2D eigenvalue weighted by molar-refractivity contribution is 0.332. The van der Waals surface area contributed by atoms with Crippen LogP contribution < -0.4 is 10.1 Å². The van der Waals surface area contributed by atoms with Gasteiger partial charge < -0.3 is 10.1 Å². The first-order valence-corrected chi connectivity index (χ1v) is 7.63. The Morgan fingerprint density at radius 2 is 1.84 bits per heavy atom. The molecule has 19 heavy (non-hydrogen) atoms. The van der Waals surface area contributed by atoms with E-state index in [4.69, 9.17) is 4.74 Å². The molecule has 2 heteroatoms. The number of hydrogen-bond donors (Lipinski definition) is 1. The molecule has 1 aliphatic rings. The lowest BCUT2D eigenvalue weighted by Gasteiger charge is -2.24. The summed E-state index contributed by atoms with van der Waals surface area (Å²) in [6.07, 6.45) is 9.45. The third-order valence-corrected chi connectivity index (χ3v) is 4.49. The fraction of sp³-hybridized carbons (Fsp3) is 0.647. The maximum absolute atomic E-state index is 5.20. The van der Waals surface area contributed by atoms with E-state index >= 15 is 0 Å². The van der Waals surface area contributed by atoms with E-state index in [1.165, 1.54) is 50.5 Å². The van der Waals surface area contributed by atoms with Gasteiger partial charge in [0.2, 0.25) is 0 Å². The van der Waals surface area contributed by atoms with Crippen LogP contribution in [0.25, 0.3) is 0 Å². The van der Waals surface area contributed by atoms with Crippen LogP contribution in [0.5, 0.6) is 5.75 Å². The quantitative estimate of drug-likeness (QED) is 0.814. The third kappa shape index (κ3) is 4.24. The lowest BCUT2D eigenvalue weighted by Crippen LogP contribution is -2.32. The molecule has 0 radical (unpaired) electrons. The molecule has 2 nitrogen and oxygen atoms in total. The van der Waals surface area contributed by atoms with Gasteiger partial charge in [-0.1, -0.05) is 31.4 Å². The summed E-state index contributed by atoms with van der Waals surface area (Å²) in [5, 5.41) is 3.53. The van der Waals surface area contributed by atoms with Gasteiger partial charge in [-0.25, -0.2) is 0 Å². The van der Waals surface area contributed by atoms with Crippen LogP contribution in [0.15, 0.2) is 24.3 Å². The molecule has 2 rings (SSSR count). The standard InChI is InChI=1S/C17H27NO/c1-18-17-7-5-3-4-6-15(17)11-8-14-9-12-16(19-2)13-10-14/h9-10,12-13,15,17-18H,3-8,11H2,1-2H3. The van der Waals surface area contributed by atoms with Gasteiger partial charge in [0, 0.05) is 6.04 Å². The van der Waals surface area contributed by atoms with Crippen LogP contribution in [0.2, 0.25) is 0 Å². The molecule has 1 N–H and O–H groups in total. The molecule has 2 unspecified atom stereocenters. The molecule has 1 fully saturated rings. The van der Waals surface area contributed by atoms with E-state index in [1.807, 2.05) is 0 Å². The molecular weight excluding hydrogens is 234 g/mol. The smallest absolute Gasteiger partial charge is 0.118 e. The lowest BCUT2D eigenvalue weighted by atomic mass is 9.89. The second-order valence-corrected chi connectivity index (χ2v) is 5.68. The van der Waals surface area contributed by atoms with Crippen molar-refractivity contribution >= 4 is 0 Å². The van der Waals surface area contributed by atoms with Crippen molar-refractivity contribution in [1.29, 1.82) is 0 Å². The van der Waals surface area contributed by atoms with Crippen LogP contribution >= 0.6 is 0 Å². The molecule has 1 aliphatic carbocycles. The van der Waals surface area contributed by atoms with Crippen LogP contribution in [-0.4, -0.2) is 20.2 Å². The second kappa shape index (κ2) is 7.54. The van der Waals surface area contributed by atoms with E-state index in [-0.39, 0.29) is 0 Å². The maximum atomic E-state index is 5.20. The Kier molecular flexibility index (Phi) is 5.71. The predicted octanol–water partition coefficient (Wildman–Crippen LogP) is 3.80. The molecule has 1 aromatic carbocycles. The van der Waals surface area contributed by atoms with Crippen LogP contribution in [0.3, 0.4) is 0 Å². The molecule has 0 aromatic heterocycles. The third-order valence-electron chi connectivity index (χ3n) is 4.49. The summed E-state index contributed by atoms with van der Waals surface area (Å²) in [5.74, 6) is 1.79. The molecule has 1 saturated carbocycles. The van der Waals surface area contributed by atoms with Gasteiger partial charge in [0.05, 0.1) is 7.11 Å². The minimum Gasteiger partial charge on any atom is -0.497 e. The Morgan fingerprint density at radius 1 is 1.11 bits per heavy atom. The van der Waals surface area contributed by atoms with Gasteiger partial charge in [-0.3, -0.25) is 0 Å². The van der Waals surface area contributed by atoms with Crippen LogP contribution in [-0.2, 0) is 6.42 Å².